The second-order valence-electron chi connectivity index (χ2n) is 8.28. The first kappa shape index (κ1) is 22.1. The van der Waals surface area contributed by atoms with E-state index in [1.807, 2.05) is 24.3 Å². The van der Waals surface area contributed by atoms with Gasteiger partial charge in [0, 0.05) is 5.56 Å². The maximum absolute atomic E-state index is 14.0. The van der Waals surface area contributed by atoms with Crippen LogP contribution in [0.3, 0.4) is 0 Å². The summed E-state index contributed by atoms with van der Waals surface area (Å²) >= 11 is 0. The normalized spacial score (nSPS) is 12.0. The lowest BCUT2D eigenvalue weighted by Gasteiger charge is -2.36. The molecule has 28 heavy (non-hydrogen) atoms. The molecule has 0 N–H and O–H groups in total. The van der Waals surface area contributed by atoms with E-state index in [4.69, 9.17) is 9.16 Å². The molecule has 0 atom stereocenters. The number of hydrogen-bond acceptors (Lipinski definition) is 4. The van der Waals surface area contributed by atoms with Crippen LogP contribution < -0.4 is 4.74 Å². The van der Waals surface area contributed by atoms with Gasteiger partial charge in [0.25, 0.3) is 0 Å². The van der Waals surface area contributed by atoms with Crippen LogP contribution in [0.5, 0.6) is 5.75 Å². The number of carbonyl (C=O) groups excluding carboxylic acids is 1. The van der Waals surface area contributed by atoms with E-state index in [9.17, 15) is 9.18 Å². The van der Waals surface area contributed by atoms with Gasteiger partial charge in [-0.3, -0.25) is 0 Å². The van der Waals surface area contributed by atoms with E-state index in [1.54, 1.807) is 0 Å². The average molecular weight is 405 g/mol. The van der Waals surface area contributed by atoms with Crippen LogP contribution in [0, 0.1) is 5.82 Å². The summed E-state index contributed by atoms with van der Waals surface area (Å²) in [7, 11) is -0.548. The van der Waals surface area contributed by atoms with E-state index >= 15 is 0 Å². The van der Waals surface area contributed by atoms with Crippen LogP contribution in [0.25, 0.3) is 0 Å². The maximum atomic E-state index is 14.0. The van der Waals surface area contributed by atoms with Crippen LogP contribution in [0.15, 0.2) is 42.5 Å². The van der Waals surface area contributed by atoms with Crippen molar-refractivity contribution in [3.63, 3.8) is 0 Å². The molecule has 0 aliphatic heterocycles. The van der Waals surface area contributed by atoms with E-state index in [0.29, 0.717) is 23.5 Å². The SMILES string of the molecule is COC(=O)c1ccc(F)c(COc2cccc(CO[Si](C)(C)C(C)(C)C)c2)c1. The Labute approximate surface area is 167 Å². The first-order chi connectivity index (χ1) is 13.0. The zero-order chi connectivity index (χ0) is 20.9. The largest absolute Gasteiger partial charge is 0.489 e. The summed E-state index contributed by atoms with van der Waals surface area (Å²) in [4.78, 5) is 11.6. The smallest absolute Gasteiger partial charge is 0.337 e. The number of halogens is 1. The monoisotopic (exact) mass is 404 g/mol. The summed E-state index contributed by atoms with van der Waals surface area (Å²) in [5.41, 5.74) is 1.59. The molecule has 2 rings (SSSR count). The highest BCUT2D eigenvalue weighted by atomic mass is 28.4. The standard InChI is InChI=1S/C22H29FO4Si/c1-22(2,3)28(5,6)27-14-16-8-7-9-19(12-16)26-15-18-13-17(21(24)25-4)10-11-20(18)23/h7-13H,14-15H2,1-6H3. The zero-order valence-corrected chi connectivity index (χ0v) is 18.5. The number of rotatable bonds is 7. The Bertz CT molecular complexity index is 828. The lowest BCUT2D eigenvalue weighted by molar-refractivity contribution is 0.0600. The minimum atomic E-state index is -1.84. The molecule has 6 heteroatoms. The average Bonchev–Trinajstić information content (AvgIpc) is 2.64. The molecule has 0 unspecified atom stereocenters. The molecule has 0 amide bonds. The topological polar surface area (TPSA) is 44.8 Å². The fourth-order valence-corrected chi connectivity index (χ4v) is 3.26. The number of benzene rings is 2. The highest BCUT2D eigenvalue weighted by Crippen LogP contribution is 2.37. The van der Waals surface area contributed by atoms with Crippen molar-refractivity contribution in [3.8, 4) is 5.75 Å². The Balaban J connectivity index is 2.05. The van der Waals surface area contributed by atoms with Gasteiger partial charge < -0.3 is 13.9 Å². The molecule has 0 spiro atoms. The highest BCUT2D eigenvalue weighted by molar-refractivity contribution is 6.74. The molecular weight excluding hydrogens is 375 g/mol. The van der Waals surface area contributed by atoms with Crippen molar-refractivity contribution in [1.29, 1.82) is 0 Å². The molecule has 2 aromatic carbocycles. The van der Waals surface area contributed by atoms with Crippen LogP contribution in [-0.4, -0.2) is 21.4 Å². The second-order valence-corrected chi connectivity index (χ2v) is 13.1. The minimum Gasteiger partial charge on any atom is -0.489 e. The number of esters is 1. The number of ether oxygens (including phenoxy) is 2. The molecular formula is C22H29FO4Si. The zero-order valence-electron chi connectivity index (χ0n) is 17.5. The summed E-state index contributed by atoms with van der Waals surface area (Å²) in [5.74, 6) is -0.310. The number of carbonyl (C=O) groups is 1. The van der Waals surface area contributed by atoms with Gasteiger partial charge >= 0.3 is 5.97 Å². The first-order valence-corrected chi connectivity index (χ1v) is 12.2. The van der Waals surface area contributed by atoms with Crippen molar-refractivity contribution < 1.29 is 23.1 Å². The Morgan fingerprint density at radius 1 is 1.07 bits per heavy atom. The van der Waals surface area contributed by atoms with Crippen molar-refractivity contribution >= 4 is 14.3 Å². The van der Waals surface area contributed by atoms with Crippen molar-refractivity contribution in [1.82, 2.24) is 0 Å². The fourth-order valence-electron chi connectivity index (χ4n) is 2.30. The van der Waals surface area contributed by atoms with Crippen molar-refractivity contribution in [2.45, 2.75) is 52.1 Å². The van der Waals surface area contributed by atoms with Crippen LogP contribution in [0.2, 0.25) is 18.1 Å². The highest BCUT2D eigenvalue weighted by Gasteiger charge is 2.37. The van der Waals surface area contributed by atoms with Crippen LogP contribution in [-0.2, 0) is 22.4 Å². The Hall–Kier alpha value is -2.18. The molecule has 0 aliphatic carbocycles. The van der Waals surface area contributed by atoms with Gasteiger partial charge in [-0.05, 0) is 54.0 Å². The molecule has 2 aromatic rings. The van der Waals surface area contributed by atoms with Crippen LogP contribution in [0.1, 0.15) is 42.3 Å². The predicted octanol–water partition coefficient (Wildman–Crippen LogP) is 5.71. The Morgan fingerprint density at radius 2 is 1.79 bits per heavy atom. The summed E-state index contributed by atoms with van der Waals surface area (Å²) in [5, 5.41) is 0.142. The second kappa shape index (κ2) is 8.88. The number of hydrogen-bond donors (Lipinski definition) is 0. The molecule has 0 heterocycles. The summed E-state index contributed by atoms with van der Waals surface area (Å²) in [6.45, 7) is 11.6. The van der Waals surface area contributed by atoms with Gasteiger partial charge in [-0.25, -0.2) is 9.18 Å². The number of methoxy groups -OCH3 is 1. The van der Waals surface area contributed by atoms with E-state index in [2.05, 4.69) is 38.6 Å². The van der Waals surface area contributed by atoms with Crippen molar-refractivity contribution in [2.75, 3.05) is 7.11 Å². The van der Waals surface area contributed by atoms with E-state index in [0.717, 1.165) is 5.56 Å². The summed E-state index contributed by atoms with van der Waals surface area (Å²) < 4.78 is 30.7. The lowest BCUT2D eigenvalue weighted by atomic mass is 10.1. The third kappa shape index (κ3) is 5.66. The van der Waals surface area contributed by atoms with Crippen molar-refractivity contribution in [2.24, 2.45) is 0 Å². The Morgan fingerprint density at radius 3 is 2.43 bits per heavy atom. The molecule has 0 bridgehead atoms. The molecule has 0 saturated carbocycles. The van der Waals surface area contributed by atoms with Crippen molar-refractivity contribution in [3.05, 3.63) is 65.0 Å². The van der Waals surface area contributed by atoms with Gasteiger partial charge in [-0.2, -0.15) is 0 Å². The maximum Gasteiger partial charge on any atom is 0.337 e. The molecule has 0 aromatic heterocycles. The molecule has 0 aliphatic rings. The van der Waals surface area contributed by atoms with Gasteiger partial charge in [0.1, 0.15) is 18.2 Å². The summed E-state index contributed by atoms with van der Waals surface area (Å²) in [6, 6.07) is 11.7. The molecule has 0 fully saturated rings. The van der Waals surface area contributed by atoms with Gasteiger partial charge in [-0.1, -0.05) is 32.9 Å². The molecule has 152 valence electrons. The van der Waals surface area contributed by atoms with Gasteiger partial charge in [-0.15, -0.1) is 0 Å². The van der Waals surface area contributed by atoms with E-state index < -0.39 is 20.1 Å². The third-order valence-corrected chi connectivity index (χ3v) is 9.64. The minimum absolute atomic E-state index is 0.0171. The fraction of sp³-hybridized carbons (Fsp3) is 0.409. The van der Waals surface area contributed by atoms with Gasteiger partial charge in [0.05, 0.1) is 19.3 Å². The Kier molecular flexibility index (Phi) is 7.01. The van der Waals surface area contributed by atoms with Crippen LogP contribution >= 0.6 is 0 Å². The quantitative estimate of drug-likeness (QED) is 0.438. The first-order valence-electron chi connectivity index (χ1n) is 9.26. The molecule has 4 nitrogen and oxygen atoms in total. The molecule has 0 saturated heterocycles. The van der Waals surface area contributed by atoms with Crippen LogP contribution in [0.4, 0.5) is 4.39 Å². The molecule has 0 radical (unpaired) electrons. The van der Waals surface area contributed by atoms with E-state index in [1.165, 1.54) is 25.3 Å². The predicted molar refractivity (Wildman–Crippen MR) is 110 cm³/mol. The summed E-state index contributed by atoms with van der Waals surface area (Å²) in [6.07, 6.45) is 0. The van der Waals surface area contributed by atoms with E-state index in [-0.39, 0.29) is 11.6 Å². The van der Waals surface area contributed by atoms with Gasteiger partial charge in [0.15, 0.2) is 8.32 Å². The lowest BCUT2D eigenvalue weighted by Crippen LogP contribution is -2.40. The van der Waals surface area contributed by atoms with Gasteiger partial charge in [0.2, 0.25) is 0 Å². The third-order valence-electron chi connectivity index (χ3n) is 5.17.